The molecule has 1 aromatic heterocycles. The number of thioether (sulfide) groups is 1. The lowest BCUT2D eigenvalue weighted by Crippen LogP contribution is -2.26. The van der Waals surface area contributed by atoms with Crippen molar-refractivity contribution < 1.29 is 4.79 Å². The van der Waals surface area contributed by atoms with Crippen LogP contribution < -0.4 is 5.32 Å². The molecule has 3 rings (SSSR count). The number of amides is 1. The summed E-state index contributed by atoms with van der Waals surface area (Å²) < 4.78 is 2.21. The minimum atomic E-state index is 0.0688. The average Bonchev–Trinajstić information content (AvgIpc) is 3.15. The quantitative estimate of drug-likeness (QED) is 0.350. The van der Waals surface area contributed by atoms with Gasteiger partial charge in [-0.3, -0.25) is 4.79 Å². The molecule has 0 bridgehead atoms. The Bertz CT molecular complexity index is 907. The number of unbranched alkanes of at least 4 members (excludes halogenated alkanes) is 2. The summed E-state index contributed by atoms with van der Waals surface area (Å²) in [6, 6.07) is 20.6. The van der Waals surface area contributed by atoms with E-state index in [1.165, 1.54) is 11.8 Å². The first-order valence-electron chi connectivity index (χ1n) is 10.4. The number of imidazole rings is 1. The minimum absolute atomic E-state index is 0.0688. The number of benzene rings is 2. The van der Waals surface area contributed by atoms with E-state index in [0.29, 0.717) is 5.75 Å². The molecule has 1 amide bonds. The molecule has 0 saturated heterocycles. The standard InChI is InChI=1S/C24H29N3OS/c1-3-5-12-17-25-21(28)18-29-24-26-22(19-13-8-6-9-14-19)23(27(24)4-2)20-15-10-7-11-16-20/h6-11,13-16H,3-5,12,17-18H2,1-2H3,(H,25,28). The van der Waals surface area contributed by atoms with Crippen LogP contribution in [0.3, 0.4) is 0 Å². The molecule has 0 atom stereocenters. The molecule has 4 nitrogen and oxygen atoms in total. The summed E-state index contributed by atoms with van der Waals surface area (Å²) in [7, 11) is 0. The molecule has 29 heavy (non-hydrogen) atoms. The van der Waals surface area contributed by atoms with Crippen molar-refractivity contribution in [3.8, 4) is 22.5 Å². The van der Waals surface area contributed by atoms with E-state index >= 15 is 0 Å². The highest BCUT2D eigenvalue weighted by Crippen LogP contribution is 2.35. The first-order valence-corrected chi connectivity index (χ1v) is 11.3. The van der Waals surface area contributed by atoms with Crippen LogP contribution in [-0.4, -0.2) is 27.8 Å². The van der Waals surface area contributed by atoms with Gasteiger partial charge in [0.25, 0.3) is 0 Å². The van der Waals surface area contributed by atoms with Crippen LogP contribution in [0.1, 0.15) is 33.1 Å². The molecule has 152 valence electrons. The van der Waals surface area contributed by atoms with Gasteiger partial charge in [-0.2, -0.15) is 0 Å². The second-order valence-corrected chi connectivity index (χ2v) is 7.86. The molecule has 0 radical (unpaired) electrons. The first kappa shape index (κ1) is 21.2. The van der Waals surface area contributed by atoms with E-state index in [2.05, 4.69) is 48.0 Å². The lowest BCUT2D eigenvalue weighted by molar-refractivity contribution is -0.118. The Balaban J connectivity index is 1.86. The van der Waals surface area contributed by atoms with Crippen molar-refractivity contribution >= 4 is 17.7 Å². The molecule has 2 aromatic carbocycles. The van der Waals surface area contributed by atoms with Gasteiger partial charge in [0.05, 0.1) is 17.1 Å². The molecule has 0 fully saturated rings. The van der Waals surface area contributed by atoms with Crippen molar-refractivity contribution in [2.75, 3.05) is 12.3 Å². The van der Waals surface area contributed by atoms with Gasteiger partial charge >= 0.3 is 0 Å². The minimum Gasteiger partial charge on any atom is -0.355 e. The van der Waals surface area contributed by atoms with Gasteiger partial charge in [0.1, 0.15) is 0 Å². The lowest BCUT2D eigenvalue weighted by atomic mass is 10.0. The monoisotopic (exact) mass is 407 g/mol. The molecule has 3 aromatic rings. The van der Waals surface area contributed by atoms with Crippen molar-refractivity contribution in [3.63, 3.8) is 0 Å². The Labute approximate surface area is 177 Å². The van der Waals surface area contributed by atoms with E-state index < -0.39 is 0 Å². The van der Waals surface area contributed by atoms with Gasteiger partial charge in [0.15, 0.2) is 5.16 Å². The molecule has 1 N–H and O–H groups in total. The third-order valence-corrected chi connectivity index (χ3v) is 5.75. The Morgan fingerprint density at radius 1 is 0.966 bits per heavy atom. The van der Waals surface area contributed by atoms with Crippen molar-refractivity contribution in [2.24, 2.45) is 0 Å². The Hall–Kier alpha value is -2.53. The number of hydrogen-bond donors (Lipinski definition) is 1. The van der Waals surface area contributed by atoms with E-state index in [-0.39, 0.29) is 5.91 Å². The molecule has 0 unspecified atom stereocenters. The van der Waals surface area contributed by atoms with Crippen molar-refractivity contribution in [3.05, 3.63) is 60.7 Å². The number of hydrogen-bond acceptors (Lipinski definition) is 3. The third kappa shape index (κ3) is 5.51. The normalized spacial score (nSPS) is 10.8. The highest BCUT2D eigenvalue weighted by molar-refractivity contribution is 7.99. The van der Waals surface area contributed by atoms with Crippen molar-refractivity contribution in [1.29, 1.82) is 0 Å². The highest BCUT2D eigenvalue weighted by atomic mass is 32.2. The number of nitrogens with one attached hydrogen (secondary N) is 1. The van der Waals surface area contributed by atoms with Gasteiger partial charge < -0.3 is 9.88 Å². The zero-order valence-corrected chi connectivity index (χ0v) is 18.0. The highest BCUT2D eigenvalue weighted by Gasteiger charge is 2.20. The van der Waals surface area contributed by atoms with E-state index in [1.54, 1.807) is 0 Å². The van der Waals surface area contributed by atoms with Crippen LogP contribution in [0.15, 0.2) is 65.8 Å². The van der Waals surface area contributed by atoms with Gasteiger partial charge in [-0.15, -0.1) is 0 Å². The van der Waals surface area contributed by atoms with E-state index in [4.69, 9.17) is 4.98 Å². The van der Waals surface area contributed by atoms with Crippen LogP contribution in [-0.2, 0) is 11.3 Å². The van der Waals surface area contributed by atoms with E-state index in [9.17, 15) is 4.79 Å². The molecule has 1 heterocycles. The summed E-state index contributed by atoms with van der Waals surface area (Å²) in [6.07, 6.45) is 3.34. The molecular weight excluding hydrogens is 378 g/mol. The van der Waals surface area contributed by atoms with Crippen LogP contribution in [0.25, 0.3) is 22.5 Å². The van der Waals surface area contributed by atoms with Gasteiger partial charge in [0.2, 0.25) is 5.91 Å². The molecule has 0 aliphatic heterocycles. The van der Waals surface area contributed by atoms with Crippen LogP contribution in [0.4, 0.5) is 0 Å². The largest absolute Gasteiger partial charge is 0.355 e. The van der Waals surface area contributed by atoms with Crippen LogP contribution in [0.5, 0.6) is 0 Å². The lowest BCUT2D eigenvalue weighted by Gasteiger charge is -2.11. The van der Waals surface area contributed by atoms with Crippen molar-refractivity contribution in [2.45, 2.75) is 44.8 Å². The fraction of sp³-hybridized carbons (Fsp3) is 0.333. The van der Waals surface area contributed by atoms with Gasteiger partial charge in [-0.25, -0.2) is 4.98 Å². The molecule has 5 heteroatoms. The average molecular weight is 408 g/mol. The van der Waals surface area contributed by atoms with Gasteiger partial charge in [0, 0.05) is 24.2 Å². The maximum atomic E-state index is 12.2. The molecule has 0 spiro atoms. The van der Waals surface area contributed by atoms with E-state index in [0.717, 1.165) is 60.0 Å². The first-order chi connectivity index (χ1) is 14.2. The zero-order chi connectivity index (χ0) is 20.5. The second-order valence-electron chi connectivity index (χ2n) is 6.91. The number of carbonyl (C=O) groups excluding carboxylic acids is 1. The third-order valence-electron chi connectivity index (χ3n) is 4.78. The molecule has 0 aliphatic carbocycles. The number of rotatable bonds is 10. The number of aromatic nitrogens is 2. The summed E-state index contributed by atoms with van der Waals surface area (Å²) in [5, 5.41) is 3.90. The van der Waals surface area contributed by atoms with Crippen LogP contribution >= 0.6 is 11.8 Å². The number of carbonyl (C=O) groups is 1. The molecule has 0 saturated carbocycles. The van der Waals surface area contributed by atoms with Crippen molar-refractivity contribution in [1.82, 2.24) is 14.9 Å². The number of nitrogens with zero attached hydrogens (tertiary/aromatic N) is 2. The van der Waals surface area contributed by atoms with E-state index in [1.807, 2.05) is 36.4 Å². The predicted octanol–water partition coefficient (Wildman–Crippen LogP) is 5.64. The summed E-state index contributed by atoms with van der Waals surface area (Å²) in [4.78, 5) is 17.2. The fourth-order valence-electron chi connectivity index (χ4n) is 3.31. The van der Waals surface area contributed by atoms with Gasteiger partial charge in [-0.05, 0) is 13.3 Å². The maximum Gasteiger partial charge on any atom is 0.230 e. The summed E-state index contributed by atoms with van der Waals surface area (Å²) in [6.45, 7) is 5.83. The smallest absolute Gasteiger partial charge is 0.230 e. The zero-order valence-electron chi connectivity index (χ0n) is 17.2. The fourth-order valence-corrected chi connectivity index (χ4v) is 4.20. The Morgan fingerprint density at radius 3 is 2.24 bits per heavy atom. The predicted molar refractivity (Wildman–Crippen MR) is 122 cm³/mol. The van der Waals surface area contributed by atoms with Crippen LogP contribution in [0.2, 0.25) is 0 Å². The second kappa shape index (κ2) is 10.9. The van der Waals surface area contributed by atoms with Gasteiger partial charge in [-0.1, -0.05) is 92.2 Å². The summed E-state index contributed by atoms with van der Waals surface area (Å²) in [5.41, 5.74) is 4.29. The SMILES string of the molecule is CCCCCNC(=O)CSc1nc(-c2ccccc2)c(-c2ccccc2)n1CC. The summed E-state index contributed by atoms with van der Waals surface area (Å²) in [5.74, 6) is 0.449. The maximum absolute atomic E-state index is 12.2. The Kier molecular flexibility index (Phi) is 7.94. The molecule has 0 aliphatic rings. The topological polar surface area (TPSA) is 46.9 Å². The van der Waals surface area contributed by atoms with Crippen LogP contribution in [0, 0.1) is 0 Å². The molecular formula is C24H29N3OS. The Morgan fingerprint density at radius 2 is 1.62 bits per heavy atom. The summed E-state index contributed by atoms with van der Waals surface area (Å²) >= 11 is 1.51.